The van der Waals surface area contributed by atoms with E-state index in [1.165, 1.54) is 0 Å². The lowest BCUT2D eigenvalue weighted by atomic mass is 10.0. The average molecular weight is 328 g/mol. The minimum Gasteiger partial charge on any atom is -0.508 e. The Bertz CT molecular complexity index is 632. The maximum absolute atomic E-state index is 10.2. The summed E-state index contributed by atoms with van der Waals surface area (Å²) in [6, 6.07) is 13.9. The summed E-state index contributed by atoms with van der Waals surface area (Å²) in [6.45, 7) is 0. The maximum atomic E-state index is 10.2. The Labute approximate surface area is 142 Å². The lowest BCUT2D eigenvalue weighted by Gasteiger charge is -2.16. The quantitative estimate of drug-likeness (QED) is 0.693. The lowest BCUT2D eigenvalue weighted by Crippen LogP contribution is -2.18. The predicted octanol–water partition coefficient (Wildman–Crippen LogP) is 3.51. The number of ether oxygens (including phenoxy) is 1. The SMILES string of the molecule is CO[C@@H](/C=C/c1ccc(O)cc1)C[C@@H](O)CCc1ccc(O)cc1. The molecule has 0 amide bonds. The Balaban J connectivity index is 1.82. The summed E-state index contributed by atoms with van der Waals surface area (Å²) < 4.78 is 5.40. The van der Waals surface area contributed by atoms with Gasteiger partial charge in [0.15, 0.2) is 0 Å². The molecule has 0 radical (unpaired) electrons. The van der Waals surface area contributed by atoms with E-state index in [-0.39, 0.29) is 17.6 Å². The number of hydrogen-bond acceptors (Lipinski definition) is 4. The first-order valence-corrected chi connectivity index (χ1v) is 8.03. The number of phenols is 2. The van der Waals surface area contributed by atoms with Crippen LogP contribution in [0.4, 0.5) is 0 Å². The molecule has 24 heavy (non-hydrogen) atoms. The number of benzene rings is 2. The number of aryl methyl sites for hydroxylation is 1. The molecule has 0 aliphatic heterocycles. The van der Waals surface area contributed by atoms with Crippen LogP contribution in [0.15, 0.2) is 54.6 Å². The molecule has 2 rings (SSSR count). The van der Waals surface area contributed by atoms with E-state index in [0.29, 0.717) is 12.8 Å². The molecule has 0 unspecified atom stereocenters. The highest BCUT2D eigenvalue weighted by molar-refractivity contribution is 5.50. The monoisotopic (exact) mass is 328 g/mol. The minimum absolute atomic E-state index is 0.173. The van der Waals surface area contributed by atoms with Gasteiger partial charge < -0.3 is 20.1 Å². The van der Waals surface area contributed by atoms with Crippen molar-refractivity contribution in [1.82, 2.24) is 0 Å². The standard InChI is InChI=1S/C20H24O4/c1-24-20(13-7-16-4-10-18(22)11-5-16)14-19(23)12-6-15-2-8-17(21)9-3-15/h2-5,7-11,13,19-23H,6,12,14H2,1H3/b13-7+/t19-,20-/m0/s1. The van der Waals surface area contributed by atoms with Gasteiger partial charge in [-0.1, -0.05) is 36.4 Å². The van der Waals surface area contributed by atoms with Gasteiger partial charge in [-0.15, -0.1) is 0 Å². The zero-order valence-electron chi connectivity index (χ0n) is 13.8. The van der Waals surface area contributed by atoms with E-state index in [2.05, 4.69) is 0 Å². The van der Waals surface area contributed by atoms with Crippen LogP contribution in [0, 0.1) is 0 Å². The fourth-order valence-electron chi connectivity index (χ4n) is 2.44. The second-order valence-electron chi connectivity index (χ2n) is 5.82. The third-order valence-corrected chi connectivity index (χ3v) is 3.91. The summed E-state index contributed by atoms with van der Waals surface area (Å²) in [4.78, 5) is 0. The van der Waals surface area contributed by atoms with Gasteiger partial charge in [-0.25, -0.2) is 0 Å². The Morgan fingerprint density at radius 3 is 2.12 bits per heavy atom. The molecule has 0 aromatic heterocycles. The van der Waals surface area contributed by atoms with Crippen LogP contribution < -0.4 is 0 Å². The number of aliphatic hydroxyl groups excluding tert-OH is 1. The number of rotatable bonds is 8. The van der Waals surface area contributed by atoms with Crippen LogP contribution in [0.1, 0.15) is 24.0 Å². The van der Waals surface area contributed by atoms with Gasteiger partial charge in [0.05, 0.1) is 12.2 Å². The van der Waals surface area contributed by atoms with Crippen molar-refractivity contribution in [2.75, 3.05) is 7.11 Å². The van der Waals surface area contributed by atoms with Crippen molar-refractivity contribution in [2.45, 2.75) is 31.5 Å². The highest BCUT2D eigenvalue weighted by Gasteiger charge is 2.11. The molecule has 0 bridgehead atoms. The Kier molecular flexibility index (Phi) is 6.85. The summed E-state index contributed by atoms with van der Waals surface area (Å²) in [5.74, 6) is 0.484. The van der Waals surface area contributed by atoms with E-state index in [1.54, 1.807) is 31.4 Å². The molecule has 3 N–H and O–H groups in total. The van der Waals surface area contributed by atoms with Gasteiger partial charge in [-0.3, -0.25) is 0 Å². The molecule has 0 saturated heterocycles. The zero-order chi connectivity index (χ0) is 17.4. The maximum Gasteiger partial charge on any atom is 0.115 e. The van der Waals surface area contributed by atoms with Crippen molar-refractivity contribution in [2.24, 2.45) is 0 Å². The van der Waals surface area contributed by atoms with Crippen molar-refractivity contribution in [3.05, 3.63) is 65.7 Å². The smallest absolute Gasteiger partial charge is 0.115 e. The van der Waals surface area contributed by atoms with Gasteiger partial charge in [0, 0.05) is 13.5 Å². The molecule has 4 heteroatoms. The van der Waals surface area contributed by atoms with Crippen LogP contribution in [0.25, 0.3) is 6.08 Å². The van der Waals surface area contributed by atoms with Gasteiger partial charge in [0.2, 0.25) is 0 Å². The molecule has 2 aromatic carbocycles. The molecular weight excluding hydrogens is 304 g/mol. The van der Waals surface area contributed by atoms with Gasteiger partial charge in [-0.2, -0.15) is 0 Å². The first-order chi connectivity index (χ1) is 11.6. The Morgan fingerprint density at radius 2 is 1.54 bits per heavy atom. The normalized spacial score (nSPS) is 13.9. The molecule has 0 fully saturated rings. The molecule has 128 valence electrons. The van der Waals surface area contributed by atoms with E-state index >= 15 is 0 Å². The van der Waals surface area contributed by atoms with E-state index in [0.717, 1.165) is 17.5 Å². The first-order valence-electron chi connectivity index (χ1n) is 8.03. The average Bonchev–Trinajstić information content (AvgIpc) is 2.59. The molecule has 0 aliphatic rings. The van der Waals surface area contributed by atoms with Crippen molar-refractivity contribution < 1.29 is 20.1 Å². The molecule has 0 heterocycles. The first kappa shape index (κ1) is 18.0. The highest BCUT2D eigenvalue weighted by Crippen LogP contribution is 2.16. The summed E-state index contributed by atoms with van der Waals surface area (Å²) in [7, 11) is 1.62. The molecular formula is C20H24O4. The minimum atomic E-state index is -0.465. The van der Waals surface area contributed by atoms with Gasteiger partial charge in [0.1, 0.15) is 11.5 Å². The van der Waals surface area contributed by atoms with Crippen LogP contribution in [0.2, 0.25) is 0 Å². The summed E-state index contributed by atoms with van der Waals surface area (Å²) >= 11 is 0. The van der Waals surface area contributed by atoms with E-state index in [4.69, 9.17) is 4.74 Å². The lowest BCUT2D eigenvalue weighted by molar-refractivity contribution is 0.0685. The molecule has 4 nitrogen and oxygen atoms in total. The predicted molar refractivity (Wildman–Crippen MR) is 95.0 cm³/mol. The zero-order valence-corrected chi connectivity index (χ0v) is 13.8. The van der Waals surface area contributed by atoms with E-state index in [1.807, 2.05) is 36.4 Å². The number of aromatic hydroxyl groups is 2. The highest BCUT2D eigenvalue weighted by atomic mass is 16.5. The second kappa shape index (κ2) is 9.11. The Morgan fingerprint density at radius 1 is 0.958 bits per heavy atom. The van der Waals surface area contributed by atoms with Crippen molar-refractivity contribution in [3.8, 4) is 11.5 Å². The summed E-state index contributed by atoms with van der Waals surface area (Å²) in [6.07, 6.45) is 5.10. The van der Waals surface area contributed by atoms with Crippen LogP contribution >= 0.6 is 0 Å². The number of hydrogen-bond donors (Lipinski definition) is 3. The van der Waals surface area contributed by atoms with Crippen molar-refractivity contribution >= 4 is 6.08 Å². The van der Waals surface area contributed by atoms with Gasteiger partial charge in [0.25, 0.3) is 0 Å². The van der Waals surface area contributed by atoms with Crippen LogP contribution in [-0.2, 0) is 11.2 Å². The van der Waals surface area contributed by atoms with Crippen LogP contribution in [0.3, 0.4) is 0 Å². The molecule has 0 aliphatic carbocycles. The van der Waals surface area contributed by atoms with Gasteiger partial charge >= 0.3 is 0 Å². The third-order valence-electron chi connectivity index (χ3n) is 3.91. The molecule has 0 saturated carbocycles. The summed E-state index contributed by atoms with van der Waals surface area (Å²) in [5, 5.41) is 28.7. The van der Waals surface area contributed by atoms with Crippen LogP contribution in [0.5, 0.6) is 11.5 Å². The second-order valence-corrected chi connectivity index (χ2v) is 5.82. The van der Waals surface area contributed by atoms with Crippen molar-refractivity contribution in [1.29, 1.82) is 0 Å². The molecule has 2 atom stereocenters. The fraction of sp³-hybridized carbons (Fsp3) is 0.300. The van der Waals surface area contributed by atoms with E-state index < -0.39 is 6.10 Å². The fourth-order valence-corrected chi connectivity index (χ4v) is 2.44. The summed E-state index contributed by atoms with van der Waals surface area (Å²) in [5.41, 5.74) is 2.05. The van der Waals surface area contributed by atoms with Crippen LogP contribution in [-0.4, -0.2) is 34.6 Å². The third kappa shape index (κ3) is 6.07. The Hall–Kier alpha value is -2.30. The molecule has 2 aromatic rings. The van der Waals surface area contributed by atoms with Crippen molar-refractivity contribution in [3.63, 3.8) is 0 Å². The molecule has 0 spiro atoms. The topological polar surface area (TPSA) is 69.9 Å². The van der Waals surface area contributed by atoms with E-state index in [9.17, 15) is 15.3 Å². The van der Waals surface area contributed by atoms with Gasteiger partial charge in [-0.05, 0) is 48.2 Å². The number of methoxy groups -OCH3 is 1. The number of phenolic OH excluding ortho intramolecular Hbond substituents is 2. The number of aliphatic hydroxyl groups is 1. The largest absolute Gasteiger partial charge is 0.508 e.